The molecule has 15 heavy (non-hydrogen) atoms. The van der Waals surface area contributed by atoms with Gasteiger partial charge in [-0.05, 0) is 60.7 Å². The molecule has 0 aliphatic heterocycles. The fraction of sp³-hybridized carbons (Fsp3) is 1.00. The molecule has 0 aromatic heterocycles. The van der Waals surface area contributed by atoms with Crippen LogP contribution in [0, 0.1) is 35.0 Å². The van der Waals surface area contributed by atoms with Gasteiger partial charge in [0.2, 0.25) is 0 Å². The van der Waals surface area contributed by atoms with E-state index in [2.05, 4.69) is 20.8 Å². The van der Waals surface area contributed by atoms with Gasteiger partial charge in [-0.15, -0.1) is 0 Å². The Morgan fingerprint density at radius 3 is 2.33 bits per heavy atom. The maximum absolute atomic E-state index is 2.45. The van der Waals surface area contributed by atoms with Gasteiger partial charge in [0.05, 0.1) is 0 Å². The Balaban J connectivity index is 1.66. The van der Waals surface area contributed by atoms with E-state index < -0.39 is 0 Å². The summed E-state index contributed by atoms with van der Waals surface area (Å²) in [6.45, 7) is 7.30. The van der Waals surface area contributed by atoms with Gasteiger partial charge in [-0.2, -0.15) is 0 Å². The molecule has 86 valence electrons. The Morgan fingerprint density at radius 1 is 1.13 bits per heavy atom. The normalized spacial score (nSPS) is 56.6. The van der Waals surface area contributed by atoms with Crippen molar-refractivity contribution in [2.75, 3.05) is 0 Å². The van der Waals surface area contributed by atoms with E-state index in [4.69, 9.17) is 0 Å². The quantitative estimate of drug-likeness (QED) is 0.635. The highest BCUT2D eigenvalue weighted by atomic mass is 14.7. The monoisotopic (exact) mass is 206 g/mol. The molecule has 3 aliphatic rings. The summed E-state index contributed by atoms with van der Waals surface area (Å²) >= 11 is 0. The topological polar surface area (TPSA) is 0 Å². The van der Waals surface area contributed by atoms with Crippen molar-refractivity contribution in [2.45, 2.75) is 59.3 Å². The maximum atomic E-state index is 2.45. The lowest BCUT2D eigenvalue weighted by Gasteiger charge is -2.66. The molecule has 0 aromatic rings. The molecule has 6 unspecified atom stereocenters. The molecule has 0 heteroatoms. The average Bonchev–Trinajstić information content (AvgIpc) is 2.87. The Kier molecular flexibility index (Phi) is 2.20. The van der Waals surface area contributed by atoms with Crippen molar-refractivity contribution in [2.24, 2.45) is 35.0 Å². The zero-order chi connectivity index (χ0) is 10.6. The minimum absolute atomic E-state index is 0.818. The summed E-state index contributed by atoms with van der Waals surface area (Å²) in [4.78, 5) is 0. The molecule has 0 bridgehead atoms. The first-order valence-corrected chi connectivity index (χ1v) is 7.20. The van der Waals surface area contributed by atoms with Crippen LogP contribution < -0.4 is 0 Å². The number of hydrogen-bond donors (Lipinski definition) is 0. The Hall–Kier alpha value is 0. The van der Waals surface area contributed by atoms with Gasteiger partial charge in [-0.25, -0.2) is 0 Å². The molecule has 3 fully saturated rings. The molecule has 0 heterocycles. The van der Waals surface area contributed by atoms with Crippen LogP contribution in [0.1, 0.15) is 59.3 Å². The van der Waals surface area contributed by atoms with E-state index in [1.54, 1.807) is 19.3 Å². The maximum Gasteiger partial charge on any atom is -0.0261 e. The van der Waals surface area contributed by atoms with E-state index in [0.717, 1.165) is 35.0 Å². The second-order valence-corrected chi connectivity index (χ2v) is 6.79. The first kappa shape index (κ1) is 10.2. The van der Waals surface area contributed by atoms with Crippen molar-refractivity contribution in [1.82, 2.24) is 0 Å². The van der Waals surface area contributed by atoms with Crippen molar-refractivity contribution in [1.29, 1.82) is 0 Å². The third-order valence-electron chi connectivity index (χ3n) is 6.17. The zero-order valence-corrected chi connectivity index (χ0v) is 10.6. The molecule has 6 atom stereocenters. The molecular formula is C15H26. The Morgan fingerprint density at radius 2 is 1.87 bits per heavy atom. The molecule has 0 N–H and O–H groups in total. The first-order valence-electron chi connectivity index (χ1n) is 7.20. The number of fused-ring (bicyclic) bond motifs is 1. The van der Waals surface area contributed by atoms with Crippen LogP contribution in [0.4, 0.5) is 0 Å². The van der Waals surface area contributed by atoms with E-state index in [0.29, 0.717) is 0 Å². The fourth-order valence-corrected chi connectivity index (χ4v) is 4.95. The molecular weight excluding hydrogens is 180 g/mol. The summed E-state index contributed by atoms with van der Waals surface area (Å²) in [5.41, 5.74) is 0.818. The second kappa shape index (κ2) is 3.25. The molecule has 0 saturated heterocycles. The molecule has 0 spiro atoms. The molecule has 0 aromatic carbocycles. The standard InChI is InChI=1S/C15H26/c1-4-11-7-13-9-15(5-2,14(11)13)8-12-6-10(12)3/h10-14H,4-9H2,1-3H3. The van der Waals surface area contributed by atoms with Crippen LogP contribution in [-0.4, -0.2) is 0 Å². The van der Waals surface area contributed by atoms with Crippen LogP contribution in [0.3, 0.4) is 0 Å². The van der Waals surface area contributed by atoms with Crippen LogP contribution >= 0.6 is 0 Å². The van der Waals surface area contributed by atoms with Crippen LogP contribution in [0.2, 0.25) is 0 Å². The summed E-state index contributed by atoms with van der Waals surface area (Å²) in [7, 11) is 0. The van der Waals surface area contributed by atoms with Crippen molar-refractivity contribution in [3.8, 4) is 0 Å². The SMILES string of the molecule is CCC1CC2CC(CC)(CC3CC3C)C12. The van der Waals surface area contributed by atoms with Gasteiger partial charge < -0.3 is 0 Å². The summed E-state index contributed by atoms with van der Waals surface area (Å²) in [6, 6.07) is 0. The highest BCUT2D eigenvalue weighted by Crippen LogP contribution is 2.70. The van der Waals surface area contributed by atoms with Gasteiger partial charge in [0.1, 0.15) is 0 Å². The van der Waals surface area contributed by atoms with Gasteiger partial charge in [-0.1, -0.05) is 33.6 Å². The minimum Gasteiger partial charge on any atom is -0.0651 e. The smallest absolute Gasteiger partial charge is 0.0261 e. The van der Waals surface area contributed by atoms with Crippen molar-refractivity contribution in [3.63, 3.8) is 0 Å². The third kappa shape index (κ3) is 1.33. The summed E-state index contributed by atoms with van der Waals surface area (Å²) < 4.78 is 0. The van der Waals surface area contributed by atoms with Gasteiger partial charge >= 0.3 is 0 Å². The van der Waals surface area contributed by atoms with E-state index in [9.17, 15) is 0 Å². The number of hydrogen-bond acceptors (Lipinski definition) is 0. The predicted octanol–water partition coefficient (Wildman–Crippen LogP) is 4.49. The summed E-state index contributed by atoms with van der Waals surface area (Å²) in [5, 5.41) is 0. The third-order valence-corrected chi connectivity index (χ3v) is 6.17. The van der Waals surface area contributed by atoms with Gasteiger partial charge in [0, 0.05) is 0 Å². The lowest BCUT2D eigenvalue weighted by molar-refractivity contribution is -0.175. The molecule has 3 saturated carbocycles. The fourth-order valence-electron chi connectivity index (χ4n) is 4.95. The predicted molar refractivity (Wildman–Crippen MR) is 64.6 cm³/mol. The molecule has 3 aliphatic carbocycles. The van der Waals surface area contributed by atoms with Crippen LogP contribution in [0.5, 0.6) is 0 Å². The number of rotatable bonds is 4. The lowest BCUT2D eigenvalue weighted by Crippen LogP contribution is -2.59. The van der Waals surface area contributed by atoms with E-state index in [1.165, 1.54) is 19.3 Å². The minimum atomic E-state index is 0.818. The summed E-state index contributed by atoms with van der Waals surface area (Å²) in [5.74, 6) is 5.60. The highest BCUT2D eigenvalue weighted by Gasteiger charge is 2.62. The van der Waals surface area contributed by atoms with Crippen LogP contribution in [0.25, 0.3) is 0 Å². The average molecular weight is 206 g/mol. The largest absolute Gasteiger partial charge is 0.0651 e. The van der Waals surface area contributed by atoms with Gasteiger partial charge in [-0.3, -0.25) is 0 Å². The van der Waals surface area contributed by atoms with Gasteiger partial charge in [0.15, 0.2) is 0 Å². The second-order valence-electron chi connectivity index (χ2n) is 6.79. The van der Waals surface area contributed by atoms with Crippen molar-refractivity contribution < 1.29 is 0 Å². The molecule has 0 radical (unpaired) electrons. The summed E-state index contributed by atoms with van der Waals surface area (Å²) in [6.07, 6.45) is 9.20. The van der Waals surface area contributed by atoms with E-state index >= 15 is 0 Å². The molecule has 0 amide bonds. The Labute approximate surface area is 94.8 Å². The van der Waals surface area contributed by atoms with Gasteiger partial charge in [0.25, 0.3) is 0 Å². The van der Waals surface area contributed by atoms with E-state index in [1.807, 2.05) is 0 Å². The van der Waals surface area contributed by atoms with E-state index in [-0.39, 0.29) is 0 Å². The van der Waals surface area contributed by atoms with Crippen molar-refractivity contribution >= 4 is 0 Å². The first-order chi connectivity index (χ1) is 7.20. The molecule has 0 nitrogen and oxygen atoms in total. The van der Waals surface area contributed by atoms with Crippen molar-refractivity contribution in [3.05, 3.63) is 0 Å². The van der Waals surface area contributed by atoms with Crippen LogP contribution in [-0.2, 0) is 0 Å². The molecule has 3 rings (SSSR count). The van der Waals surface area contributed by atoms with Crippen LogP contribution in [0.15, 0.2) is 0 Å². The zero-order valence-electron chi connectivity index (χ0n) is 10.6. The highest BCUT2D eigenvalue weighted by molar-refractivity contribution is 5.11. The Bertz CT molecular complexity index is 257. The lowest BCUT2D eigenvalue weighted by atomic mass is 9.38.